The summed E-state index contributed by atoms with van der Waals surface area (Å²) in [6.07, 6.45) is -4.50. The van der Waals surface area contributed by atoms with Crippen LogP contribution in [0.1, 0.15) is 43.1 Å². The van der Waals surface area contributed by atoms with Crippen LogP contribution in [0, 0.1) is 0 Å². The molecule has 27 heavy (non-hydrogen) atoms. The van der Waals surface area contributed by atoms with E-state index in [-0.39, 0.29) is 18.2 Å². The molecule has 1 aliphatic rings. The second-order valence-corrected chi connectivity index (χ2v) is 8.33. The fraction of sp³-hybridized carbons (Fsp3) is 0.556. The topological polar surface area (TPSA) is 49.9 Å². The Balaban J connectivity index is 2.11. The van der Waals surface area contributed by atoms with Crippen molar-refractivity contribution in [1.29, 1.82) is 0 Å². The summed E-state index contributed by atoms with van der Waals surface area (Å²) in [4.78, 5) is 27.8. The maximum Gasteiger partial charge on any atom is 0.416 e. The van der Waals surface area contributed by atoms with Crippen molar-refractivity contribution in [3.05, 3.63) is 33.8 Å². The summed E-state index contributed by atoms with van der Waals surface area (Å²) in [5.41, 5.74) is -1.57. The third-order valence-electron chi connectivity index (χ3n) is 4.20. The molecule has 0 aromatic heterocycles. The quantitative estimate of drug-likeness (QED) is 0.663. The number of nitrogens with zero attached hydrogens (tertiary/aromatic N) is 2. The molecule has 1 fully saturated rings. The van der Waals surface area contributed by atoms with Crippen LogP contribution in [0.15, 0.2) is 22.7 Å². The molecule has 1 aromatic rings. The van der Waals surface area contributed by atoms with Gasteiger partial charge >= 0.3 is 12.3 Å². The van der Waals surface area contributed by atoms with Gasteiger partial charge in [-0.25, -0.2) is 4.79 Å². The fourth-order valence-electron chi connectivity index (χ4n) is 2.76. The maximum atomic E-state index is 12.9. The molecule has 0 aliphatic carbocycles. The van der Waals surface area contributed by atoms with E-state index in [0.717, 1.165) is 12.1 Å². The van der Waals surface area contributed by atoms with Gasteiger partial charge in [-0.05, 0) is 61.3 Å². The monoisotopic (exact) mass is 450 g/mol. The molecule has 1 atom stereocenters. The number of halogens is 4. The smallest absolute Gasteiger partial charge is 0.416 e. The first-order chi connectivity index (χ1) is 12.3. The van der Waals surface area contributed by atoms with E-state index < -0.39 is 29.3 Å². The number of carbonyl (C=O) groups is 2. The molecule has 1 aromatic carbocycles. The van der Waals surface area contributed by atoms with E-state index in [0.29, 0.717) is 17.4 Å². The molecule has 9 heteroatoms. The SMILES string of the molecule is CN(C(=O)OC(C)(C)C)[C@@H]1CCN(C(=O)c2cc(C(F)(F)F)ccc2Br)C1. The second kappa shape index (κ2) is 7.69. The van der Waals surface area contributed by atoms with E-state index in [1.54, 1.807) is 27.8 Å². The van der Waals surface area contributed by atoms with Crippen LogP contribution >= 0.6 is 15.9 Å². The molecule has 2 amide bonds. The number of hydrogen-bond donors (Lipinski definition) is 0. The zero-order valence-corrected chi connectivity index (χ0v) is 17.1. The Morgan fingerprint density at radius 3 is 2.44 bits per heavy atom. The number of likely N-dealkylation sites (tertiary alicyclic amines) is 1. The summed E-state index contributed by atoms with van der Waals surface area (Å²) in [5.74, 6) is -0.506. The number of amides is 2. The largest absolute Gasteiger partial charge is 0.444 e. The third-order valence-corrected chi connectivity index (χ3v) is 4.90. The highest BCUT2D eigenvalue weighted by molar-refractivity contribution is 9.10. The van der Waals surface area contributed by atoms with Crippen LogP contribution in [0.2, 0.25) is 0 Å². The first-order valence-electron chi connectivity index (χ1n) is 8.41. The van der Waals surface area contributed by atoms with Gasteiger partial charge < -0.3 is 14.5 Å². The number of alkyl halides is 3. The fourth-order valence-corrected chi connectivity index (χ4v) is 3.18. The van der Waals surface area contributed by atoms with E-state index in [2.05, 4.69) is 15.9 Å². The molecule has 150 valence electrons. The van der Waals surface area contributed by atoms with Gasteiger partial charge in [-0.2, -0.15) is 13.2 Å². The Bertz CT molecular complexity index is 732. The Morgan fingerprint density at radius 2 is 1.89 bits per heavy atom. The van der Waals surface area contributed by atoms with Gasteiger partial charge in [0.2, 0.25) is 0 Å². The van der Waals surface area contributed by atoms with Gasteiger partial charge in [-0.3, -0.25) is 4.79 Å². The first kappa shape index (κ1) is 21.5. The standard InChI is InChI=1S/C18H22BrF3N2O3/c1-17(2,3)27-16(26)23(4)12-7-8-24(10-12)15(25)13-9-11(18(20,21)22)5-6-14(13)19/h5-6,9,12H,7-8,10H2,1-4H3/t12-/m1/s1. The summed E-state index contributed by atoms with van der Waals surface area (Å²) in [6.45, 7) is 5.85. The number of rotatable bonds is 2. The molecule has 5 nitrogen and oxygen atoms in total. The summed E-state index contributed by atoms with van der Waals surface area (Å²) in [5, 5.41) is 0. The third kappa shape index (κ3) is 5.37. The van der Waals surface area contributed by atoms with Gasteiger partial charge in [0.25, 0.3) is 5.91 Å². The van der Waals surface area contributed by atoms with Crippen molar-refractivity contribution in [2.45, 2.75) is 45.0 Å². The van der Waals surface area contributed by atoms with E-state index in [1.807, 2.05) is 0 Å². The molecule has 1 aliphatic heterocycles. The number of benzene rings is 1. The molecule has 1 saturated heterocycles. The van der Waals surface area contributed by atoms with Crippen molar-refractivity contribution in [3.63, 3.8) is 0 Å². The lowest BCUT2D eigenvalue weighted by Crippen LogP contribution is -2.42. The lowest BCUT2D eigenvalue weighted by molar-refractivity contribution is -0.137. The summed E-state index contributed by atoms with van der Waals surface area (Å²) in [7, 11) is 1.59. The average molecular weight is 451 g/mol. The van der Waals surface area contributed by atoms with Crippen LogP contribution in [-0.2, 0) is 10.9 Å². The van der Waals surface area contributed by atoms with E-state index in [9.17, 15) is 22.8 Å². The van der Waals surface area contributed by atoms with Crippen LogP contribution in [0.4, 0.5) is 18.0 Å². The van der Waals surface area contributed by atoms with Crippen molar-refractivity contribution in [3.8, 4) is 0 Å². The van der Waals surface area contributed by atoms with Crippen LogP contribution in [0.5, 0.6) is 0 Å². The summed E-state index contributed by atoms with van der Waals surface area (Å²) in [6, 6.07) is 2.73. The van der Waals surface area contributed by atoms with Crippen LogP contribution < -0.4 is 0 Å². The van der Waals surface area contributed by atoms with Gasteiger partial charge in [-0.1, -0.05) is 0 Å². The minimum atomic E-state index is -4.53. The summed E-state index contributed by atoms with van der Waals surface area (Å²) < 4.78 is 44.4. The average Bonchev–Trinajstić information content (AvgIpc) is 3.01. The highest BCUT2D eigenvalue weighted by Gasteiger charge is 2.35. The highest BCUT2D eigenvalue weighted by Crippen LogP contribution is 2.32. The molecule has 1 heterocycles. The van der Waals surface area contributed by atoms with E-state index >= 15 is 0 Å². The lowest BCUT2D eigenvalue weighted by atomic mass is 10.1. The minimum Gasteiger partial charge on any atom is -0.444 e. The molecule has 0 spiro atoms. The second-order valence-electron chi connectivity index (χ2n) is 7.48. The first-order valence-corrected chi connectivity index (χ1v) is 9.21. The van der Waals surface area contributed by atoms with Gasteiger partial charge in [0.15, 0.2) is 0 Å². The molecule has 2 rings (SSSR count). The van der Waals surface area contributed by atoms with Crippen molar-refractivity contribution < 1.29 is 27.5 Å². The van der Waals surface area contributed by atoms with Gasteiger partial charge in [-0.15, -0.1) is 0 Å². The van der Waals surface area contributed by atoms with Crippen LogP contribution in [-0.4, -0.2) is 53.6 Å². The van der Waals surface area contributed by atoms with Crippen molar-refractivity contribution in [2.75, 3.05) is 20.1 Å². The summed E-state index contributed by atoms with van der Waals surface area (Å²) >= 11 is 3.15. The maximum absolute atomic E-state index is 12.9. The minimum absolute atomic E-state index is 0.0506. The molecule has 0 radical (unpaired) electrons. The van der Waals surface area contributed by atoms with Gasteiger partial charge in [0, 0.05) is 24.6 Å². The van der Waals surface area contributed by atoms with E-state index in [4.69, 9.17) is 4.74 Å². The molecule has 0 bridgehead atoms. The number of carbonyl (C=O) groups excluding carboxylic acids is 2. The van der Waals surface area contributed by atoms with Crippen molar-refractivity contribution >= 4 is 27.9 Å². The van der Waals surface area contributed by atoms with Crippen molar-refractivity contribution in [1.82, 2.24) is 9.80 Å². The lowest BCUT2D eigenvalue weighted by Gasteiger charge is -2.28. The van der Waals surface area contributed by atoms with Crippen LogP contribution in [0.3, 0.4) is 0 Å². The predicted octanol–water partition coefficient (Wildman–Crippen LogP) is 4.55. The van der Waals surface area contributed by atoms with E-state index in [1.165, 1.54) is 15.9 Å². The molecular weight excluding hydrogens is 429 g/mol. The van der Waals surface area contributed by atoms with Gasteiger partial charge in [0.1, 0.15) is 5.60 Å². The Labute approximate surface area is 164 Å². The molecular formula is C18H22BrF3N2O3. The number of ether oxygens (including phenoxy) is 1. The zero-order valence-electron chi connectivity index (χ0n) is 15.6. The predicted molar refractivity (Wildman–Crippen MR) is 97.4 cm³/mol. The zero-order chi connectivity index (χ0) is 20.6. The normalized spacial score (nSPS) is 17.8. The molecule has 0 unspecified atom stereocenters. The number of hydrogen-bond acceptors (Lipinski definition) is 3. The molecule has 0 saturated carbocycles. The van der Waals surface area contributed by atoms with Gasteiger partial charge in [0.05, 0.1) is 17.2 Å². The van der Waals surface area contributed by atoms with Crippen molar-refractivity contribution in [2.24, 2.45) is 0 Å². The number of likely N-dealkylation sites (N-methyl/N-ethyl adjacent to an activating group) is 1. The van der Waals surface area contributed by atoms with Crippen LogP contribution in [0.25, 0.3) is 0 Å². The Hall–Kier alpha value is -1.77. The Kier molecular flexibility index (Phi) is 6.13. The highest BCUT2D eigenvalue weighted by atomic mass is 79.9. The molecule has 0 N–H and O–H groups in total. The Morgan fingerprint density at radius 1 is 1.26 bits per heavy atom.